The lowest BCUT2D eigenvalue weighted by molar-refractivity contribution is -0.116. The summed E-state index contributed by atoms with van der Waals surface area (Å²) in [4.78, 5) is 33.0. The molecule has 0 fully saturated rings. The van der Waals surface area contributed by atoms with Crippen LogP contribution in [0.3, 0.4) is 0 Å². The third kappa shape index (κ3) is 4.73. The van der Waals surface area contributed by atoms with E-state index in [0.29, 0.717) is 12.0 Å². The molecule has 0 aromatic heterocycles. The Kier molecular flexibility index (Phi) is 5.29. The molecule has 0 bridgehead atoms. The highest BCUT2D eigenvalue weighted by Gasteiger charge is 2.30. The maximum Gasteiger partial charge on any atom is 0.519 e. The minimum Gasteiger partial charge on any atom is -0.449 e. The first-order chi connectivity index (χ1) is 9.63. The monoisotopic (exact) mass is 296 g/mol. The average molecular weight is 296 g/mol. The first-order valence-electron chi connectivity index (χ1n) is 6.67. The quantitative estimate of drug-likeness (QED) is 0.633. The van der Waals surface area contributed by atoms with Crippen LogP contribution in [0, 0.1) is 5.41 Å². The molecular weight excluding hydrogens is 276 g/mol. The molecule has 1 aliphatic rings. The number of carbonyl (C=O) groups excluding carboxylic acids is 2. The Hall–Kier alpha value is -2.11. The normalized spacial score (nSPS) is 19.5. The molecule has 1 atom stereocenters. The summed E-state index contributed by atoms with van der Waals surface area (Å²) in [5.41, 5.74) is 1.49. The van der Waals surface area contributed by atoms with Gasteiger partial charge in [-0.15, -0.1) is 0 Å². The SMILES string of the molecule is CC1=C(C=CC(C)OC(=O)OC(=O)O)C(C)(C)CCC1=O. The molecule has 6 heteroatoms. The van der Waals surface area contributed by atoms with Gasteiger partial charge in [-0.05, 0) is 42.9 Å². The third-order valence-corrected chi connectivity index (χ3v) is 3.52. The lowest BCUT2D eigenvalue weighted by Crippen LogP contribution is -2.24. The van der Waals surface area contributed by atoms with Crippen molar-refractivity contribution in [3.8, 4) is 0 Å². The molecular formula is C15H20O6. The van der Waals surface area contributed by atoms with Crippen LogP contribution in [0.2, 0.25) is 0 Å². The highest BCUT2D eigenvalue weighted by molar-refractivity contribution is 5.97. The van der Waals surface area contributed by atoms with Gasteiger partial charge >= 0.3 is 12.3 Å². The lowest BCUT2D eigenvalue weighted by atomic mass is 9.72. The van der Waals surface area contributed by atoms with E-state index in [1.165, 1.54) is 0 Å². The lowest BCUT2D eigenvalue weighted by Gasteiger charge is -2.32. The number of hydrogen-bond acceptors (Lipinski definition) is 5. The smallest absolute Gasteiger partial charge is 0.449 e. The van der Waals surface area contributed by atoms with E-state index < -0.39 is 18.4 Å². The van der Waals surface area contributed by atoms with Crippen LogP contribution in [0.15, 0.2) is 23.3 Å². The van der Waals surface area contributed by atoms with E-state index >= 15 is 0 Å². The topological polar surface area (TPSA) is 89.9 Å². The molecule has 0 heterocycles. The fourth-order valence-electron chi connectivity index (χ4n) is 2.27. The predicted octanol–water partition coefficient (Wildman–Crippen LogP) is 3.47. The minimum absolute atomic E-state index is 0.118. The molecule has 0 radical (unpaired) electrons. The molecule has 0 aromatic rings. The van der Waals surface area contributed by atoms with E-state index in [4.69, 9.17) is 9.84 Å². The van der Waals surface area contributed by atoms with Gasteiger partial charge in [0, 0.05) is 6.42 Å². The van der Waals surface area contributed by atoms with Gasteiger partial charge < -0.3 is 14.6 Å². The van der Waals surface area contributed by atoms with E-state index in [-0.39, 0.29) is 11.2 Å². The Morgan fingerprint density at radius 3 is 2.57 bits per heavy atom. The summed E-state index contributed by atoms with van der Waals surface area (Å²) < 4.78 is 8.59. The van der Waals surface area contributed by atoms with Gasteiger partial charge in [0.25, 0.3) is 0 Å². The first-order valence-corrected chi connectivity index (χ1v) is 6.67. The van der Waals surface area contributed by atoms with E-state index in [1.807, 2.05) is 13.8 Å². The number of carboxylic acid groups (broad SMARTS) is 1. The number of hydrogen-bond donors (Lipinski definition) is 1. The average Bonchev–Trinajstić information content (AvgIpc) is 2.32. The van der Waals surface area contributed by atoms with Crippen molar-refractivity contribution >= 4 is 18.1 Å². The molecule has 116 valence electrons. The van der Waals surface area contributed by atoms with Crippen LogP contribution in [0.4, 0.5) is 9.59 Å². The van der Waals surface area contributed by atoms with Crippen LogP contribution in [-0.2, 0) is 14.3 Å². The Balaban J connectivity index is 2.78. The van der Waals surface area contributed by atoms with Crippen molar-refractivity contribution in [3.63, 3.8) is 0 Å². The van der Waals surface area contributed by atoms with Crippen molar-refractivity contribution < 1.29 is 29.0 Å². The summed E-state index contributed by atoms with van der Waals surface area (Å²) in [6.07, 6.45) is 1.00. The van der Waals surface area contributed by atoms with Gasteiger partial charge in [-0.2, -0.15) is 0 Å². The zero-order chi connectivity index (χ0) is 16.2. The Labute approximate surface area is 123 Å². The van der Waals surface area contributed by atoms with Crippen molar-refractivity contribution in [1.29, 1.82) is 0 Å². The number of ketones is 1. The zero-order valence-corrected chi connectivity index (χ0v) is 12.6. The summed E-state index contributed by atoms with van der Waals surface area (Å²) in [6, 6.07) is 0. The maximum atomic E-state index is 11.8. The first kappa shape index (κ1) is 16.9. The fraction of sp³-hybridized carbons (Fsp3) is 0.533. The molecule has 0 saturated heterocycles. The number of rotatable bonds is 3. The second-order valence-electron chi connectivity index (χ2n) is 5.65. The number of carbonyl (C=O) groups is 3. The van der Waals surface area contributed by atoms with E-state index in [0.717, 1.165) is 12.0 Å². The van der Waals surface area contributed by atoms with Gasteiger partial charge in [0.15, 0.2) is 5.78 Å². The van der Waals surface area contributed by atoms with Crippen LogP contribution in [0.5, 0.6) is 0 Å². The van der Waals surface area contributed by atoms with E-state index in [2.05, 4.69) is 4.74 Å². The highest BCUT2D eigenvalue weighted by atomic mass is 16.8. The summed E-state index contributed by atoms with van der Waals surface area (Å²) in [5, 5.41) is 8.28. The second-order valence-corrected chi connectivity index (χ2v) is 5.65. The summed E-state index contributed by atoms with van der Waals surface area (Å²) in [6.45, 7) is 7.46. The van der Waals surface area contributed by atoms with Gasteiger partial charge in [0.1, 0.15) is 6.10 Å². The Morgan fingerprint density at radius 2 is 2.00 bits per heavy atom. The minimum atomic E-state index is -1.71. The second kappa shape index (κ2) is 6.56. The van der Waals surface area contributed by atoms with E-state index in [1.54, 1.807) is 26.0 Å². The van der Waals surface area contributed by atoms with Crippen LogP contribution in [0.25, 0.3) is 0 Å². The van der Waals surface area contributed by atoms with Crippen LogP contribution < -0.4 is 0 Å². The van der Waals surface area contributed by atoms with Crippen molar-refractivity contribution in [1.82, 2.24) is 0 Å². The van der Waals surface area contributed by atoms with Crippen LogP contribution in [0.1, 0.15) is 40.5 Å². The third-order valence-electron chi connectivity index (χ3n) is 3.52. The molecule has 1 aliphatic carbocycles. The fourth-order valence-corrected chi connectivity index (χ4v) is 2.27. The summed E-state index contributed by atoms with van der Waals surface area (Å²) >= 11 is 0. The molecule has 0 aromatic carbocycles. The van der Waals surface area contributed by atoms with Gasteiger partial charge in [-0.3, -0.25) is 4.79 Å². The molecule has 1 N–H and O–H groups in total. The summed E-state index contributed by atoms with van der Waals surface area (Å²) in [5.74, 6) is 0.118. The van der Waals surface area contributed by atoms with Gasteiger partial charge in [0.2, 0.25) is 0 Å². The summed E-state index contributed by atoms with van der Waals surface area (Å²) in [7, 11) is 0. The largest absolute Gasteiger partial charge is 0.519 e. The highest BCUT2D eigenvalue weighted by Crippen LogP contribution is 2.39. The number of ether oxygens (including phenoxy) is 2. The molecule has 1 rings (SSSR count). The number of Topliss-reactive ketones (excluding diaryl/α,β-unsaturated/α-hetero) is 1. The zero-order valence-electron chi connectivity index (χ0n) is 12.6. The van der Waals surface area contributed by atoms with Gasteiger partial charge in [0.05, 0.1) is 0 Å². The van der Waals surface area contributed by atoms with Crippen molar-refractivity contribution in [2.75, 3.05) is 0 Å². The van der Waals surface area contributed by atoms with E-state index in [9.17, 15) is 14.4 Å². The molecule has 0 amide bonds. The van der Waals surface area contributed by atoms with Crippen molar-refractivity contribution in [2.24, 2.45) is 5.41 Å². The van der Waals surface area contributed by atoms with Crippen molar-refractivity contribution in [3.05, 3.63) is 23.3 Å². The Bertz CT molecular complexity index is 512. The molecule has 1 unspecified atom stereocenters. The van der Waals surface area contributed by atoms with Crippen LogP contribution >= 0.6 is 0 Å². The van der Waals surface area contributed by atoms with Gasteiger partial charge in [-0.1, -0.05) is 19.9 Å². The maximum absolute atomic E-state index is 11.8. The molecule has 6 nitrogen and oxygen atoms in total. The van der Waals surface area contributed by atoms with Gasteiger partial charge in [-0.25, -0.2) is 9.59 Å². The van der Waals surface area contributed by atoms with Crippen LogP contribution in [-0.4, -0.2) is 29.3 Å². The number of allylic oxidation sites excluding steroid dienone is 3. The molecule has 21 heavy (non-hydrogen) atoms. The van der Waals surface area contributed by atoms with Crippen molar-refractivity contribution in [2.45, 2.75) is 46.6 Å². The standard InChI is InChI=1S/C15H20O6/c1-9(20-14(19)21-13(17)18)5-6-11-10(2)12(16)7-8-15(11,3)4/h5-6,9H,7-8H2,1-4H3,(H,17,18). The molecule has 0 spiro atoms. The molecule has 0 aliphatic heterocycles. The Morgan fingerprint density at radius 1 is 1.38 bits per heavy atom. The predicted molar refractivity (Wildman–Crippen MR) is 74.9 cm³/mol. The molecule has 0 saturated carbocycles.